The Morgan fingerprint density at radius 1 is 1.09 bits per heavy atom. The first-order chi connectivity index (χ1) is 10.4. The zero-order chi connectivity index (χ0) is 15.9. The van der Waals surface area contributed by atoms with Gasteiger partial charge in [0.05, 0.1) is 16.3 Å². The quantitative estimate of drug-likeness (QED) is 0.718. The standard InChI is InChI=1S/C13H9Cl2N3O3S/c1-22(19,20)18-11-7-13(9(15)6-10(11)16-17-18)21-12-5-3-2-4-8(12)14/h2-7H,1H3. The molecule has 0 saturated heterocycles. The summed E-state index contributed by atoms with van der Waals surface area (Å²) in [4.78, 5) is 0. The number of rotatable bonds is 3. The number of hydrogen-bond acceptors (Lipinski definition) is 5. The summed E-state index contributed by atoms with van der Waals surface area (Å²) in [6.45, 7) is 0. The molecule has 0 spiro atoms. The molecule has 0 aliphatic heterocycles. The van der Waals surface area contributed by atoms with Gasteiger partial charge in [0, 0.05) is 6.07 Å². The van der Waals surface area contributed by atoms with E-state index >= 15 is 0 Å². The van der Waals surface area contributed by atoms with Crippen LogP contribution in [0.3, 0.4) is 0 Å². The third-order valence-corrected chi connectivity index (χ3v) is 4.35. The Hall–Kier alpha value is -1.83. The van der Waals surface area contributed by atoms with Gasteiger partial charge in [0.15, 0.2) is 0 Å². The van der Waals surface area contributed by atoms with Crippen molar-refractivity contribution in [2.24, 2.45) is 0 Å². The molecule has 3 aromatic rings. The highest BCUT2D eigenvalue weighted by molar-refractivity contribution is 7.89. The van der Waals surface area contributed by atoms with Gasteiger partial charge in [-0.25, -0.2) is 8.42 Å². The van der Waals surface area contributed by atoms with Crippen LogP contribution in [0.5, 0.6) is 11.5 Å². The Morgan fingerprint density at radius 3 is 2.50 bits per heavy atom. The second-order valence-electron chi connectivity index (χ2n) is 4.50. The van der Waals surface area contributed by atoms with Crippen LogP contribution in [0.25, 0.3) is 11.0 Å². The van der Waals surface area contributed by atoms with Crippen LogP contribution in [0, 0.1) is 0 Å². The maximum atomic E-state index is 11.7. The monoisotopic (exact) mass is 357 g/mol. The molecule has 0 fully saturated rings. The van der Waals surface area contributed by atoms with Crippen LogP contribution in [-0.2, 0) is 10.0 Å². The van der Waals surface area contributed by atoms with Gasteiger partial charge in [-0.3, -0.25) is 0 Å². The number of nitrogens with zero attached hydrogens (tertiary/aromatic N) is 3. The fourth-order valence-electron chi connectivity index (χ4n) is 1.87. The van der Waals surface area contributed by atoms with Gasteiger partial charge in [0.25, 0.3) is 10.0 Å². The van der Waals surface area contributed by atoms with E-state index < -0.39 is 10.0 Å². The maximum absolute atomic E-state index is 11.7. The number of benzene rings is 2. The second kappa shape index (κ2) is 5.42. The van der Waals surface area contributed by atoms with Crippen molar-refractivity contribution < 1.29 is 13.2 Å². The molecule has 6 nitrogen and oxygen atoms in total. The van der Waals surface area contributed by atoms with Crippen molar-refractivity contribution in [2.45, 2.75) is 0 Å². The molecule has 0 unspecified atom stereocenters. The van der Waals surface area contributed by atoms with Crippen molar-refractivity contribution in [1.82, 2.24) is 14.4 Å². The van der Waals surface area contributed by atoms with Gasteiger partial charge in [-0.1, -0.05) is 40.5 Å². The maximum Gasteiger partial charge on any atom is 0.252 e. The van der Waals surface area contributed by atoms with E-state index in [0.29, 0.717) is 16.3 Å². The fourth-order valence-corrected chi connectivity index (χ4v) is 2.92. The molecule has 1 heterocycles. The molecule has 0 aliphatic carbocycles. The lowest BCUT2D eigenvalue weighted by Crippen LogP contribution is -2.11. The summed E-state index contributed by atoms with van der Waals surface area (Å²) in [5, 5.41) is 8.07. The van der Waals surface area contributed by atoms with Crippen LogP contribution in [0.1, 0.15) is 0 Å². The van der Waals surface area contributed by atoms with Gasteiger partial charge in [-0.2, -0.15) is 0 Å². The molecule has 0 radical (unpaired) electrons. The number of halogens is 2. The van der Waals surface area contributed by atoms with E-state index in [1.807, 2.05) is 0 Å². The van der Waals surface area contributed by atoms with Crippen LogP contribution in [0.15, 0.2) is 36.4 Å². The minimum absolute atomic E-state index is 0.259. The molecular formula is C13H9Cl2N3O3S. The molecule has 22 heavy (non-hydrogen) atoms. The Kier molecular flexibility index (Phi) is 3.72. The lowest BCUT2D eigenvalue weighted by Gasteiger charge is -2.09. The predicted molar refractivity (Wildman–Crippen MR) is 84.3 cm³/mol. The summed E-state index contributed by atoms with van der Waals surface area (Å²) >= 11 is 12.2. The minimum Gasteiger partial charge on any atom is -0.454 e. The van der Waals surface area contributed by atoms with E-state index in [1.165, 1.54) is 12.1 Å². The minimum atomic E-state index is -3.58. The van der Waals surface area contributed by atoms with E-state index in [4.69, 9.17) is 27.9 Å². The molecule has 0 bridgehead atoms. The van der Waals surface area contributed by atoms with Gasteiger partial charge in [-0.05, 0) is 18.2 Å². The normalized spacial score (nSPS) is 11.8. The number of hydrogen-bond donors (Lipinski definition) is 0. The Balaban J connectivity index is 2.14. The highest BCUT2D eigenvalue weighted by Crippen LogP contribution is 2.35. The molecule has 0 amide bonds. The first kappa shape index (κ1) is 15.1. The van der Waals surface area contributed by atoms with E-state index in [-0.39, 0.29) is 16.3 Å². The van der Waals surface area contributed by atoms with Crippen molar-refractivity contribution in [3.8, 4) is 11.5 Å². The molecule has 0 atom stereocenters. The zero-order valence-corrected chi connectivity index (χ0v) is 13.5. The van der Waals surface area contributed by atoms with Crippen LogP contribution in [-0.4, -0.2) is 29.1 Å². The first-order valence-electron chi connectivity index (χ1n) is 6.04. The highest BCUT2D eigenvalue weighted by Gasteiger charge is 2.17. The Labute approximate surface area is 136 Å². The van der Waals surface area contributed by atoms with Crippen molar-refractivity contribution in [3.05, 3.63) is 46.4 Å². The number of fused-ring (bicyclic) bond motifs is 1. The van der Waals surface area contributed by atoms with Crippen molar-refractivity contribution in [2.75, 3.05) is 6.26 Å². The van der Waals surface area contributed by atoms with Crippen LogP contribution < -0.4 is 4.74 Å². The summed E-state index contributed by atoms with van der Waals surface area (Å²) in [5.74, 6) is 0.665. The SMILES string of the molecule is CS(=O)(=O)n1nnc2cc(Cl)c(Oc3ccccc3Cl)cc21. The summed E-state index contributed by atoms with van der Waals surface area (Å²) in [5.41, 5.74) is 0.621. The van der Waals surface area contributed by atoms with Crippen LogP contribution >= 0.6 is 23.2 Å². The van der Waals surface area contributed by atoms with Gasteiger partial charge in [0.2, 0.25) is 0 Å². The average molecular weight is 358 g/mol. The Bertz CT molecular complexity index is 970. The topological polar surface area (TPSA) is 74.1 Å². The molecule has 1 aromatic heterocycles. The third kappa shape index (κ3) is 2.75. The summed E-state index contributed by atoms with van der Waals surface area (Å²) < 4.78 is 29.8. The Morgan fingerprint density at radius 2 is 1.82 bits per heavy atom. The van der Waals surface area contributed by atoms with Gasteiger partial charge in [0.1, 0.15) is 22.5 Å². The van der Waals surface area contributed by atoms with E-state index in [2.05, 4.69) is 10.3 Å². The molecule has 9 heteroatoms. The zero-order valence-electron chi connectivity index (χ0n) is 11.2. The molecular weight excluding hydrogens is 349 g/mol. The van der Waals surface area contributed by atoms with Gasteiger partial charge < -0.3 is 4.74 Å². The predicted octanol–water partition coefficient (Wildman–Crippen LogP) is 3.34. The van der Waals surface area contributed by atoms with Gasteiger partial charge in [-0.15, -0.1) is 9.19 Å². The van der Waals surface area contributed by atoms with Crippen LogP contribution in [0.4, 0.5) is 0 Å². The molecule has 0 N–H and O–H groups in total. The summed E-state index contributed by atoms with van der Waals surface area (Å²) in [6, 6.07) is 9.82. The van der Waals surface area contributed by atoms with E-state index in [9.17, 15) is 8.42 Å². The molecule has 0 aliphatic rings. The third-order valence-electron chi connectivity index (χ3n) is 2.84. The van der Waals surface area contributed by atoms with E-state index in [0.717, 1.165) is 10.3 Å². The molecule has 3 rings (SSSR count). The lowest BCUT2D eigenvalue weighted by molar-refractivity contribution is 0.484. The van der Waals surface area contributed by atoms with Crippen molar-refractivity contribution in [1.29, 1.82) is 0 Å². The summed E-state index contributed by atoms with van der Waals surface area (Å²) in [6.07, 6.45) is 1.03. The van der Waals surface area contributed by atoms with Crippen molar-refractivity contribution >= 4 is 44.3 Å². The summed E-state index contributed by atoms with van der Waals surface area (Å²) in [7, 11) is -3.58. The number of aromatic nitrogens is 3. The molecule has 0 saturated carbocycles. The highest BCUT2D eigenvalue weighted by atomic mass is 35.5. The molecule has 2 aromatic carbocycles. The smallest absolute Gasteiger partial charge is 0.252 e. The van der Waals surface area contributed by atoms with Gasteiger partial charge >= 0.3 is 0 Å². The number of ether oxygens (including phenoxy) is 1. The second-order valence-corrected chi connectivity index (χ2v) is 7.13. The van der Waals surface area contributed by atoms with Crippen molar-refractivity contribution in [3.63, 3.8) is 0 Å². The lowest BCUT2D eigenvalue weighted by atomic mass is 10.3. The average Bonchev–Trinajstić information content (AvgIpc) is 2.84. The van der Waals surface area contributed by atoms with Crippen LogP contribution in [0.2, 0.25) is 10.0 Å². The number of para-hydroxylation sites is 1. The largest absolute Gasteiger partial charge is 0.454 e. The fraction of sp³-hybridized carbons (Fsp3) is 0.0769. The first-order valence-corrected chi connectivity index (χ1v) is 8.64. The van der Waals surface area contributed by atoms with E-state index in [1.54, 1.807) is 24.3 Å². The molecule has 114 valence electrons.